The van der Waals surface area contributed by atoms with Crippen LogP contribution < -0.4 is 10.3 Å². The molecule has 1 unspecified atom stereocenters. The number of aryl methyl sites for hydroxylation is 1. The number of amides is 1. The summed E-state index contributed by atoms with van der Waals surface area (Å²) in [5.74, 6) is -0.292. The van der Waals surface area contributed by atoms with Crippen LogP contribution in [0.2, 0.25) is 0 Å². The standard InChI is InChI=1S/C32H36N4O5/c1-3-22-24-15-21(41-32(39)35-13-9-20(10-14-35)34-11-5-4-6-12-34)7-8-27(24)33-29-25(22)17-36-28(29)16-23-19(2)31(38)40-18-26(23)30(36)37/h7-8,15-16,19-20H,3-6,9-14,17-18H2,1-2H3. The molecule has 3 aromatic rings. The van der Waals surface area contributed by atoms with Gasteiger partial charge in [0.25, 0.3) is 5.56 Å². The second-order valence-corrected chi connectivity index (χ2v) is 11.8. The third-order valence-electron chi connectivity index (χ3n) is 9.54. The molecule has 0 N–H and O–H groups in total. The maximum atomic E-state index is 13.4. The Labute approximate surface area is 239 Å². The van der Waals surface area contributed by atoms with Gasteiger partial charge in [-0.25, -0.2) is 9.78 Å². The van der Waals surface area contributed by atoms with Crippen LogP contribution >= 0.6 is 0 Å². The van der Waals surface area contributed by atoms with Gasteiger partial charge in [0.15, 0.2) is 0 Å². The summed E-state index contributed by atoms with van der Waals surface area (Å²) in [6, 6.07) is 8.10. The molecule has 9 heteroatoms. The van der Waals surface area contributed by atoms with E-state index in [1.165, 1.54) is 32.4 Å². The molecule has 4 aliphatic rings. The van der Waals surface area contributed by atoms with Crippen molar-refractivity contribution in [3.8, 4) is 17.1 Å². The molecule has 2 aromatic heterocycles. The van der Waals surface area contributed by atoms with E-state index in [9.17, 15) is 14.4 Å². The summed E-state index contributed by atoms with van der Waals surface area (Å²) in [4.78, 5) is 48.1. The van der Waals surface area contributed by atoms with E-state index < -0.39 is 5.92 Å². The fraction of sp³-hybridized carbons (Fsp3) is 0.500. The topological polar surface area (TPSA) is 94.0 Å². The third-order valence-corrected chi connectivity index (χ3v) is 9.54. The second-order valence-electron chi connectivity index (χ2n) is 11.8. The highest BCUT2D eigenvalue weighted by Crippen LogP contribution is 2.39. The highest BCUT2D eigenvalue weighted by atomic mass is 16.6. The van der Waals surface area contributed by atoms with Gasteiger partial charge in [0.2, 0.25) is 0 Å². The summed E-state index contributed by atoms with van der Waals surface area (Å²) in [5.41, 5.74) is 5.55. The van der Waals surface area contributed by atoms with E-state index in [4.69, 9.17) is 14.5 Å². The summed E-state index contributed by atoms with van der Waals surface area (Å²) < 4.78 is 12.9. The number of nitrogens with zero attached hydrogens (tertiary/aromatic N) is 4. The quantitative estimate of drug-likeness (QED) is 0.341. The first kappa shape index (κ1) is 26.2. The van der Waals surface area contributed by atoms with Crippen LogP contribution in [-0.4, -0.2) is 63.6 Å². The molecule has 2 fully saturated rings. The van der Waals surface area contributed by atoms with Crippen molar-refractivity contribution in [1.82, 2.24) is 19.4 Å². The van der Waals surface area contributed by atoms with Gasteiger partial charge < -0.3 is 23.8 Å². The van der Waals surface area contributed by atoms with Crippen LogP contribution in [0, 0.1) is 0 Å². The summed E-state index contributed by atoms with van der Waals surface area (Å²) in [7, 11) is 0. The molecule has 1 aromatic carbocycles. The first-order valence-electron chi connectivity index (χ1n) is 15.0. The average Bonchev–Trinajstić information content (AvgIpc) is 3.37. The molecule has 1 atom stereocenters. The van der Waals surface area contributed by atoms with Crippen molar-refractivity contribution in [2.75, 3.05) is 26.2 Å². The first-order valence-corrected chi connectivity index (χ1v) is 15.0. The lowest BCUT2D eigenvalue weighted by Gasteiger charge is -2.39. The Kier molecular flexibility index (Phi) is 6.57. The zero-order valence-electron chi connectivity index (χ0n) is 23.8. The van der Waals surface area contributed by atoms with Crippen molar-refractivity contribution in [2.45, 2.75) is 77.5 Å². The summed E-state index contributed by atoms with van der Waals surface area (Å²) in [6.45, 7) is 8.08. The van der Waals surface area contributed by atoms with Crippen molar-refractivity contribution in [2.24, 2.45) is 0 Å². The van der Waals surface area contributed by atoms with E-state index in [0.717, 1.165) is 71.3 Å². The average molecular weight is 557 g/mol. The van der Waals surface area contributed by atoms with Crippen LogP contribution in [0.4, 0.5) is 4.79 Å². The lowest BCUT2D eigenvalue weighted by Crippen LogP contribution is -2.48. The van der Waals surface area contributed by atoms with E-state index in [1.807, 2.05) is 23.1 Å². The van der Waals surface area contributed by atoms with Gasteiger partial charge in [-0.15, -0.1) is 0 Å². The smallest absolute Gasteiger partial charge is 0.415 e. The Balaban J connectivity index is 1.14. The maximum Gasteiger partial charge on any atom is 0.415 e. The maximum absolute atomic E-state index is 13.4. The van der Waals surface area contributed by atoms with E-state index in [0.29, 0.717) is 23.9 Å². The number of carbonyl (C=O) groups excluding carboxylic acids is 2. The number of fused-ring (bicyclic) bond motifs is 5. The summed E-state index contributed by atoms with van der Waals surface area (Å²) in [5, 5.41) is 0.929. The van der Waals surface area contributed by atoms with Crippen LogP contribution in [0.5, 0.6) is 5.75 Å². The van der Waals surface area contributed by atoms with E-state index in [1.54, 1.807) is 17.6 Å². The number of hydrogen-bond acceptors (Lipinski definition) is 7. The normalized spacial score (nSPS) is 20.9. The third kappa shape index (κ3) is 4.41. The molecule has 1 amide bonds. The molecule has 41 heavy (non-hydrogen) atoms. The number of likely N-dealkylation sites (tertiary alicyclic amines) is 2. The van der Waals surface area contributed by atoms with Gasteiger partial charge in [0.1, 0.15) is 12.4 Å². The van der Waals surface area contributed by atoms with Crippen LogP contribution in [0.25, 0.3) is 22.3 Å². The molecular weight excluding hydrogens is 520 g/mol. The predicted molar refractivity (Wildman–Crippen MR) is 154 cm³/mol. The fourth-order valence-electron chi connectivity index (χ4n) is 7.21. The van der Waals surface area contributed by atoms with Gasteiger partial charge in [-0.05, 0) is 87.5 Å². The Bertz CT molecular complexity index is 1610. The summed E-state index contributed by atoms with van der Waals surface area (Å²) in [6.07, 6.45) is 6.31. The number of esters is 1. The van der Waals surface area contributed by atoms with Crippen LogP contribution in [-0.2, 0) is 29.1 Å². The largest absolute Gasteiger partial charge is 0.460 e. The van der Waals surface area contributed by atoms with Gasteiger partial charge in [-0.1, -0.05) is 13.3 Å². The number of ether oxygens (including phenoxy) is 2. The predicted octanol–water partition coefficient (Wildman–Crippen LogP) is 4.60. The fourth-order valence-corrected chi connectivity index (χ4v) is 7.21. The second kappa shape index (κ2) is 10.3. The lowest BCUT2D eigenvalue weighted by molar-refractivity contribution is -0.147. The molecule has 0 spiro atoms. The van der Waals surface area contributed by atoms with Gasteiger partial charge >= 0.3 is 12.1 Å². The number of carbonyl (C=O) groups is 2. The highest BCUT2D eigenvalue weighted by Gasteiger charge is 2.34. The van der Waals surface area contributed by atoms with E-state index in [2.05, 4.69) is 11.8 Å². The molecule has 214 valence electrons. The Morgan fingerprint density at radius 2 is 1.83 bits per heavy atom. The molecule has 6 heterocycles. The molecule has 0 bridgehead atoms. The number of benzene rings is 1. The molecule has 9 nitrogen and oxygen atoms in total. The Morgan fingerprint density at radius 3 is 2.59 bits per heavy atom. The highest BCUT2D eigenvalue weighted by molar-refractivity contribution is 5.90. The number of pyridine rings is 2. The summed E-state index contributed by atoms with van der Waals surface area (Å²) >= 11 is 0. The number of cyclic esters (lactones) is 1. The van der Waals surface area contributed by atoms with Gasteiger partial charge in [-0.2, -0.15) is 0 Å². The zero-order chi connectivity index (χ0) is 28.2. The first-order chi connectivity index (χ1) is 19.9. The van der Waals surface area contributed by atoms with E-state index in [-0.39, 0.29) is 24.2 Å². The molecule has 0 aliphatic carbocycles. The number of hydrogen-bond donors (Lipinski definition) is 0. The molecular formula is C32H36N4O5. The lowest BCUT2D eigenvalue weighted by atomic mass is 9.93. The van der Waals surface area contributed by atoms with Gasteiger partial charge in [-0.3, -0.25) is 9.59 Å². The zero-order valence-corrected chi connectivity index (χ0v) is 23.8. The Hall–Kier alpha value is -3.72. The Morgan fingerprint density at radius 1 is 1.05 bits per heavy atom. The van der Waals surface area contributed by atoms with Crippen molar-refractivity contribution in [1.29, 1.82) is 0 Å². The minimum atomic E-state index is -0.486. The van der Waals surface area contributed by atoms with Gasteiger partial charge in [0.05, 0.1) is 34.9 Å². The van der Waals surface area contributed by atoms with Crippen molar-refractivity contribution in [3.63, 3.8) is 0 Å². The van der Waals surface area contributed by atoms with Crippen molar-refractivity contribution >= 4 is 23.0 Å². The molecule has 7 rings (SSSR count). The number of rotatable bonds is 3. The number of piperidine rings is 2. The van der Waals surface area contributed by atoms with Crippen LogP contribution in [0.15, 0.2) is 29.1 Å². The molecule has 0 radical (unpaired) electrons. The minimum absolute atomic E-state index is 0.00859. The van der Waals surface area contributed by atoms with Crippen molar-refractivity contribution in [3.05, 3.63) is 56.9 Å². The van der Waals surface area contributed by atoms with Gasteiger partial charge in [0, 0.05) is 30.1 Å². The van der Waals surface area contributed by atoms with Crippen molar-refractivity contribution < 1.29 is 19.1 Å². The van der Waals surface area contributed by atoms with E-state index >= 15 is 0 Å². The van der Waals surface area contributed by atoms with Crippen LogP contribution in [0.3, 0.4) is 0 Å². The SMILES string of the molecule is CCc1c2c(nc3ccc(OC(=O)N4CCC(N5CCCCC5)CC4)cc13)-c1cc3c(c(=O)n1C2)COC(=O)C3C. The minimum Gasteiger partial charge on any atom is -0.460 e. The molecule has 0 saturated carbocycles. The number of aromatic nitrogens is 2. The monoisotopic (exact) mass is 556 g/mol. The van der Waals surface area contributed by atoms with Crippen LogP contribution in [0.1, 0.15) is 74.1 Å². The molecule has 2 saturated heterocycles. The molecule has 4 aliphatic heterocycles.